The van der Waals surface area contributed by atoms with E-state index >= 15 is 0 Å². The third-order valence-electron chi connectivity index (χ3n) is 2.83. The summed E-state index contributed by atoms with van der Waals surface area (Å²) in [4.78, 5) is 12.4. The minimum Gasteiger partial charge on any atom is -0.496 e. The molecule has 0 heterocycles. The second kappa shape index (κ2) is 5.69. The van der Waals surface area contributed by atoms with Crippen LogP contribution >= 0.6 is 22.6 Å². The second-order valence-corrected chi connectivity index (χ2v) is 5.30. The van der Waals surface area contributed by atoms with Gasteiger partial charge in [0.1, 0.15) is 11.6 Å². The number of ketones is 1. The van der Waals surface area contributed by atoms with Crippen LogP contribution in [-0.2, 0) is 0 Å². The number of halogens is 2. The number of hydrogen-bond acceptors (Lipinski definition) is 2. The van der Waals surface area contributed by atoms with Crippen LogP contribution in [0, 0.1) is 16.3 Å². The molecule has 0 fully saturated rings. The fraction of sp³-hybridized carbons (Fsp3) is 0.133. The van der Waals surface area contributed by atoms with Crippen LogP contribution in [0.3, 0.4) is 0 Å². The molecule has 0 atom stereocenters. The summed E-state index contributed by atoms with van der Waals surface area (Å²) in [6.45, 7) is 1.88. The largest absolute Gasteiger partial charge is 0.496 e. The van der Waals surface area contributed by atoms with Gasteiger partial charge >= 0.3 is 0 Å². The van der Waals surface area contributed by atoms with Crippen molar-refractivity contribution in [3.05, 3.63) is 62.5 Å². The minimum absolute atomic E-state index is 0.116. The lowest BCUT2D eigenvalue weighted by Gasteiger charge is -2.08. The molecule has 0 unspecified atom stereocenters. The number of hydrogen-bond donors (Lipinski definition) is 0. The highest BCUT2D eigenvalue weighted by atomic mass is 127. The van der Waals surface area contributed by atoms with Crippen LogP contribution < -0.4 is 4.74 Å². The Labute approximate surface area is 124 Å². The molecule has 19 heavy (non-hydrogen) atoms. The molecule has 2 aromatic carbocycles. The molecule has 0 amide bonds. The lowest BCUT2D eigenvalue weighted by atomic mass is 10.0. The first-order chi connectivity index (χ1) is 9.02. The molecule has 0 aliphatic carbocycles. The highest BCUT2D eigenvalue weighted by Gasteiger charge is 2.14. The van der Waals surface area contributed by atoms with E-state index in [-0.39, 0.29) is 11.6 Å². The molecular formula is C15H12FIO2. The SMILES string of the molecule is COc1ccc(C(=O)c2ccc(F)cc2I)cc1C. The number of rotatable bonds is 3. The van der Waals surface area contributed by atoms with Crippen LogP contribution in [0.25, 0.3) is 0 Å². The van der Waals surface area contributed by atoms with Gasteiger partial charge in [0.2, 0.25) is 0 Å². The third kappa shape index (κ3) is 2.94. The van der Waals surface area contributed by atoms with E-state index < -0.39 is 0 Å². The fourth-order valence-electron chi connectivity index (χ4n) is 1.85. The Kier molecular flexibility index (Phi) is 4.19. The van der Waals surface area contributed by atoms with Crippen LogP contribution in [0.4, 0.5) is 4.39 Å². The summed E-state index contributed by atoms with van der Waals surface area (Å²) in [5.41, 5.74) is 1.97. The van der Waals surface area contributed by atoms with Crippen LogP contribution in [0.5, 0.6) is 5.75 Å². The summed E-state index contributed by atoms with van der Waals surface area (Å²) < 4.78 is 18.8. The zero-order valence-corrected chi connectivity index (χ0v) is 12.7. The van der Waals surface area contributed by atoms with Crippen LogP contribution in [0.2, 0.25) is 0 Å². The van der Waals surface area contributed by atoms with Gasteiger partial charge in [-0.25, -0.2) is 4.39 Å². The van der Waals surface area contributed by atoms with Gasteiger partial charge in [-0.05, 0) is 71.5 Å². The number of benzene rings is 2. The zero-order valence-electron chi connectivity index (χ0n) is 10.5. The molecule has 0 aromatic heterocycles. The van der Waals surface area contributed by atoms with Gasteiger partial charge in [-0.1, -0.05) is 0 Å². The molecule has 0 N–H and O–H groups in total. The molecule has 0 saturated heterocycles. The Morgan fingerprint density at radius 2 is 1.95 bits per heavy atom. The van der Waals surface area contributed by atoms with Gasteiger partial charge in [-0.3, -0.25) is 4.79 Å². The summed E-state index contributed by atoms with van der Waals surface area (Å²) in [6.07, 6.45) is 0. The van der Waals surface area contributed by atoms with E-state index in [1.807, 2.05) is 29.5 Å². The van der Waals surface area contributed by atoms with Crippen molar-refractivity contribution >= 4 is 28.4 Å². The lowest BCUT2D eigenvalue weighted by molar-refractivity contribution is 0.103. The lowest BCUT2D eigenvalue weighted by Crippen LogP contribution is -2.04. The smallest absolute Gasteiger partial charge is 0.194 e. The van der Waals surface area contributed by atoms with Gasteiger partial charge < -0.3 is 4.74 Å². The molecule has 0 radical (unpaired) electrons. The summed E-state index contributed by atoms with van der Waals surface area (Å²) in [6, 6.07) is 9.42. The molecule has 0 aliphatic heterocycles. The van der Waals surface area contributed by atoms with E-state index in [1.54, 1.807) is 25.3 Å². The molecule has 0 bridgehead atoms. The van der Waals surface area contributed by atoms with E-state index in [2.05, 4.69) is 0 Å². The number of aryl methyl sites for hydroxylation is 1. The first-order valence-electron chi connectivity index (χ1n) is 5.67. The normalized spacial score (nSPS) is 10.3. The van der Waals surface area contributed by atoms with Crippen molar-refractivity contribution in [1.82, 2.24) is 0 Å². The van der Waals surface area contributed by atoms with Gasteiger partial charge in [-0.15, -0.1) is 0 Å². The average molecular weight is 370 g/mol. The number of carbonyl (C=O) groups excluding carboxylic acids is 1. The van der Waals surface area contributed by atoms with Gasteiger partial charge in [0.05, 0.1) is 7.11 Å². The van der Waals surface area contributed by atoms with E-state index in [0.717, 1.165) is 11.3 Å². The first kappa shape index (κ1) is 14.0. The van der Waals surface area contributed by atoms with E-state index in [4.69, 9.17) is 4.74 Å². The number of ether oxygens (including phenoxy) is 1. The van der Waals surface area contributed by atoms with Gasteiger partial charge in [-0.2, -0.15) is 0 Å². The average Bonchev–Trinajstić information content (AvgIpc) is 2.38. The van der Waals surface area contributed by atoms with Gasteiger partial charge in [0.15, 0.2) is 5.78 Å². The van der Waals surface area contributed by atoms with Crippen molar-refractivity contribution < 1.29 is 13.9 Å². The van der Waals surface area contributed by atoms with Crippen molar-refractivity contribution in [2.45, 2.75) is 6.92 Å². The van der Waals surface area contributed by atoms with Crippen LogP contribution in [0.1, 0.15) is 21.5 Å². The van der Waals surface area contributed by atoms with Gasteiger partial charge in [0.25, 0.3) is 0 Å². The van der Waals surface area contributed by atoms with E-state index in [9.17, 15) is 9.18 Å². The Morgan fingerprint density at radius 3 is 2.53 bits per heavy atom. The highest BCUT2D eigenvalue weighted by Crippen LogP contribution is 2.22. The molecule has 2 nitrogen and oxygen atoms in total. The summed E-state index contributed by atoms with van der Waals surface area (Å²) in [5, 5.41) is 0. The molecule has 4 heteroatoms. The molecule has 0 aliphatic rings. The van der Waals surface area contributed by atoms with Crippen molar-refractivity contribution in [2.75, 3.05) is 7.11 Å². The monoisotopic (exact) mass is 370 g/mol. The molecule has 0 spiro atoms. The Bertz CT molecular complexity index is 638. The van der Waals surface area contributed by atoms with Crippen molar-refractivity contribution in [2.24, 2.45) is 0 Å². The zero-order chi connectivity index (χ0) is 14.0. The Morgan fingerprint density at radius 1 is 1.21 bits per heavy atom. The topological polar surface area (TPSA) is 26.3 Å². The van der Waals surface area contributed by atoms with Crippen LogP contribution in [0.15, 0.2) is 36.4 Å². The fourth-order valence-corrected chi connectivity index (χ4v) is 2.57. The van der Waals surface area contributed by atoms with Crippen molar-refractivity contribution in [1.29, 1.82) is 0 Å². The summed E-state index contributed by atoms with van der Waals surface area (Å²) in [5.74, 6) is 0.285. The quantitative estimate of drug-likeness (QED) is 0.604. The third-order valence-corrected chi connectivity index (χ3v) is 3.73. The molecular weight excluding hydrogens is 358 g/mol. The maximum Gasteiger partial charge on any atom is 0.194 e. The molecule has 0 saturated carbocycles. The minimum atomic E-state index is -0.341. The summed E-state index contributed by atoms with van der Waals surface area (Å²) >= 11 is 1.97. The first-order valence-corrected chi connectivity index (χ1v) is 6.75. The van der Waals surface area contributed by atoms with Crippen LogP contribution in [-0.4, -0.2) is 12.9 Å². The maximum absolute atomic E-state index is 13.0. The second-order valence-electron chi connectivity index (χ2n) is 4.14. The van der Waals surface area contributed by atoms with E-state index in [1.165, 1.54) is 18.2 Å². The maximum atomic E-state index is 13.0. The van der Waals surface area contributed by atoms with Crippen molar-refractivity contribution in [3.8, 4) is 5.75 Å². The molecule has 98 valence electrons. The number of methoxy groups -OCH3 is 1. The standard InChI is InChI=1S/C15H12FIO2/c1-9-7-10(3-6-14(9)19-2)15(18)12-5-4-11(16)8-13(12)17/h3-8H,1-2H3. The van der Waals surface area contributed by atoms with Crippen molar-refractivity contribution in [3.63, 3.8) is 0 Å². The summed E-state index contributed by atoms with van der Waals surface area (Å²) in [7, 11) is 1.59. The Balaban J connectivity index is 2.41. The van der Waals surface area contributed by atoms with Gasteiger partial charge in [0, 0.05) is 14.7 Å². The molecule has 2 rings (SSSR count). The predicted molar refractivity (Wildman–Crippen MR) is 80.3 cm³/mol. The predicted octanol–water partition coefficient (Wildman–Crippen LogP) is 3.98. The Hall–Kier alpha value is -1.43. The molecule has 2 aromatic rings. The number of carbonyl (C=O) groups is 1. The highest BCUT2D eigenvalue weighted by molar-refractivity contribution is 14.1. The van der Waals surface area contributed by atoms with E-state index in [0.29, 0.717) is 14.7 Å².